The summed E-state index contributed by atoms with van der Waals surface area (Å²) in [6.07, 6.45) is 8.79. The van der Waals surface area contributed by atoms with Gasteiger partial charge in [-0.15, -0.1) is 0 Å². The number of esters is 1. The van der Waals surface area contributed by atoms with Gasteiger partial charge >= 0.3 is 5.97 Å². The van der Waals surface area contributed by atoms with Crippen molar-refractivity contribution < 1.29 is 14.6 Å². The first-order valence-electron chi connectivity index (χ1n) is 11.0. The Labute approximate surface area is 172 Å². The van der Waals surface area contributed by atoms with Gasteiger partial charge in [0.1, 0.15) is 5.76 Å². The molecule has 0 amide bonds. The Bertz CT molecular complexity index is 963. The summed E-state index contributed by atoms with van der Waals surface area (Å²) < 4.78 is 5.33. The highest BCUT2D eigenvalue weighted by molar-refractivity contribution is 5.81. The maximum absolute atomic E-state index is 12.5. The number of aliphatic hydroxyl groups excluding tert-OH is 1. The van der Waals surface area contributed by atoms with Crippen LogP contribution in [0.25, 0.3) is 0 Å². The zero-order valence-electron chi connectivity index (χ0n) is 17.6. The van der Waals surface area contributed by atoms with E-state index in [0.717, 1.165) is 67.4 Å². The molecule has 5 aliphatic rings. The molecule has 0 spiro atoms. The molecule has 5 rings (SSSR count). The molecule has 0 aromatic heterocycles. The third kappa shape index (κ3) is 2.49. The molecule has 4 aliphatic carbocycles. The largest absolute Gasteiger partial charge is 0.508 e. The van der Waals surface area contributed by atoms with Gasteiger partial charge in [0, 0.05) is 22.3 Å². The van der Waals surface area contributed by atoms with Gasteiger partial charge in [-0.3, -0.25) is 4.79 Å². The Balaban J connectivity index is 1.59. The van der Waals surface area contributed by atoms with E-state index in [9.17, 15) is 9.90 Å². The van der Waals surface area contributed by atoms with Gasteiger partial charge in [0.05, 0.1) is 18.2 Å². The number of allylic oxidation sites excluding steroid dienone is 8. The Hall–Kier alpha value is -2.43. The molecule has 1 aliphatic heterocycles. The monoisotopic (exact) mass is 394 g/mol. The lowest BCUT2D eigenvalue weighted by molar-refractivity contribution is -0.146. The third-order valence-corrected chi connectivity index (χ3v) is 7.48. The van der Waals surface area contributed by atoms with Crippen LogP contribution >= 0.6 is 0 Å². The van der Waals surface area contributed by atoms with Crippen molar-refractivity contribution in [2.45, 2.75) is 65.7 Å². The molecule has 0 fully saturated rings. The van der Waals surface area contributed by atoms with Crippen molar-refractivity contribution in [3.63, 3.8) is 0 Å². The van der Waals surface area contributed by atoms with E-state index in [2.05, 4.69) is 24.7 Å². The van der Waals surface area contributed by atoms with Crippen molar-refractivity contribution in [1.82, 2.24) is 10.9 Å². The molecular weight excluding hydrogens is 364 g/mol. The van der Waals surface area contributed by atoms with Crippen LogP contribution < -0.4 is 10.9 Å². The van der Waals surface area contributed by atoms with Crippen LogP contribution in [0, 0.1) is 11.3 Å². The molecule has 0 aromatic carbocycles. The number of hydrazine groups is 1. The zero-order chi connectivity index (χ0) is 20.3. The minimum Gasteiger partial charge on any atom is -0.508 e. The SMILES string of the molecule is CCOC(=O)C1CCC2=C1C1=C(C2)C2=C(NN1)C1(C)CCCC(CC)=C1C(O)=C2. The van der Waals surface area contributed by atoms with E-state index in [1.165, 1.54) is 22.4 Å². The highest BCUT2D eigenvalue weighted by atomic mass is 16.5. The fourth-order valence-electron chi connectivity index (χ4n) is 6.20. The minimum absolute atomic E-state index is 0.119. The molecule has 29 heavy (non-hydrogen) atoms. The Morgan fingerprint density at radius 2 is 2.14 bits per heavy atom. The van der Waals surface area contributed by atoms with Crippen LogP contribution in [0.4, 0.5) is 0 Å². The van der Waals surface area contributed by atoms with Crippen LogP contribution in [-0.4, -0.2) is 17.7 Å². The maximum atomic E-state index is 12.5. The number of nitrogens with one attached hydrogen (secondary N) is 2. The Morgan fingerprint density at radius 1 is 1.31 bits per heavy atom. The van der Waals surface area contributed by atoms with Crippen LogP contribution in [0.2, 0.25) is 0 Å². The van der Waals surface area contributed by atoms with Crippen LogP contribution in [-0.2, 0) is 9.53 Å². The number of carbonyl (C=O) groups is 1. The van der Waals surface area contributed by atoms with E-state index < -0.39 is 0 Å². The van der Waals surface area contributed by atoms with Gasteiger partial charge in [-0.1, -0.05) is 18.1 Å². The molecule has 0 saturated heterocycles. The zero-order valence-corrected chi connectivity index (χ0v) is 17.6. The minimum atomic E-state index is -0.198. The smallest absolute Gasteiger partial charge is 0.313 e. The van der Waals surface area contributed by atoms with Crippen LogP contribution in [0.15, 0.2) is 56.7 Å². The number of rotatable bonds is 3. The summed E-state index contributed by atoms with van der Waals surface area (Å²) in [5.41, 5.74) is 16.2. The Kier molecular flexibility index (Phi) is 4.19. The molecule has 0 aromatic rings. The highest BCUT2D eigenvalue weighted by Gasteiger charge is 2.48. The van der Waals surface area contributed by atoms with Crippen molar-refractivity contribution in [2.24, 2.45) is 11.3 Å². The van der Waals surface area contributed by atoms with Gasteiger partial charge in [0.25, 0.3) is 0 Å². The van der Waals surface area contributed by atoms with Crippen molar-refractivity contribution in [1.29, 1.82) is 0 Å². The topological polar surface area (TPSA) is 70.6 Å². The van der Waals surface area contributed by atoms with E-state index in [4.69, 9.17) is 4.74 Å². The van der Waals surface area contributed by atoms with Crippen molar-refractivity contribution in [2.75, 3.05) is 6.61 Å². The lowest BCUT2D eigenvalue weighted by Crippen LogP contribution is -2.46. The number of aliphatic hydroxyl groups is 1. The molecule has 5 heteroatoms. The average molecular weight is 395 g/mol. The van der Waals surface area contributed by atoms with Gasteiger partial charge in [0.2, 0.25) is 0 Å². The normalized spacial score (nSPS) is 30.3. The second kappa shape index (κ2) is 6.54. The predicted octanol–water partition coefficient (Wildman–Crippen LogP) is 4.63. The third-order valence-electron chi connectivity index (χ3n) is 7.48. The van der Waals surface area contributed by atoms with Gasteiger partial charge in [-0.25, -0.2) is 0 Å². The van der Waals surface area contributed by atoms with E-state index in [1.807, 2.05) is 13.0 Å². The molecule has 0 saturated carbocycles. The molecule has 2 unspecified atom stereocenters. The number of ether oxygens (including phenoxy) is 1. The fraction of sp³-hybridized carbons (Fsp3) is 0.542. The fourth-order valence-corrected chi connectivity index (χ4v) is 6.20. The summed E-state index contributed by atoms with van der Waals surface area (Å²) in [4.78, 5) is 12.5. The lowest BCUT2D eigenvalue weighted by Gasteiger charge is -2.45. The highest BCUT2D eigenvalue weighted by Crippen LogP contribution is 2.56. The molecular formula is C24H30N2O3. The summed E-state index contributed by atoms with van der Waals surface area (Å²) in [5, 5.41) is 11.1. The molecule has 2 atom stereocenters. The van der Waals surface area contributed by atoms with Gasteiger partial charge in [-0.2, -0.15) is 0 Å². The average Bonchev–Trinajstić information content (AvgIpc) is 3.27. The quantitative estimate of drug-likeness (QED) is 0.609. The number of hydrogen-bond donors (Lipinski definition) is 3. The van der Waals surface area contributed by atoms with E-state index in [0.29, 0.717) is 12.4 Å². The predicted molar refractivity (Wildman–Crippen MR) is 111 cm³/mol. The molecule has 0 radical (unpaired) electrons. The summed E-state index contributed by atoms with van der Waals surface area (Å²) in [5.74, 6) is 0.127. The second-order valence-electron chi connectivity index (χ2n) is 8.98. The second-order valence-corrected chi connectivity index (χ2v) is 8.98. The number of carbonyl (C=O) groups excluding carboxylic acids is 1. The van der Waals surface area contributed by atoms with Crippen LogP contribution in [0.3, 0.4) is 0 Å². The van der Waals surface area contributed by atoms with Crippen molar-refractivity contribution >= 4 is 5.97 Å². The van der Waals surface area contributed by atoms with E-state index in [1.54, 1.807) is 0 Å². The van der Waals surface area contributed by atoms with E-state index >= 15 is 0 Å². The summed E-state index contributed by atoms with van der Waals surface area (Å²) in [6, 6.07) is 0. The number of fused-ring (bicyclic) bond motifs is 4. The Morgan fingerprint density at radius 3 is 2.90 bits per heavy atom. The summed E-state index contributed by atoms with van der Waals surface area (Å²) >= 11 is 0. The standard InChI is InChI=1S/C24H30N2O3/c1-4-13-7-6-10-24(3)20(13)18(27)12-17-16-11-14-8-9-15(23(28)29-5-2)19(14)21(16)25-26-22(17)24/h12,15,25-27H,4-11H2,1-3H3. The molecule has 5 nitrogen and oxygen atoms in total. The summed E-state index contributed by atoms with van der Waals surface area (Å²) in [7, 11) is 0. The van der Waals surface area contributed by atoms with Crippen molar-refractivity contribution in [3.05, 3.63) is 56.7 Å². The molecule has 0 bridgehead atoms. The van der Waals surface area contributed by atoms with Gasteiger partial charge in [0.15, 0.2) is 0 Å². The number of hydrogen-bond acceptors (Lipinski definition) is 5. The van der Waals surface area contributed by atoms with Crippen LogP contribution in [0.5, 0.6) is 0 Å². The van der Waals surface area contributed by atoms with Gasteiger partial charge in [-0.05, 0) is 76.0 Å². The lowest BCUT2D eigenvalue weighted by atomic mass is 9.64. The first-order chi connectivity index (χ1) is 14.0. The van der Waals surface area contributed by atoms with Crippen LogP contribution in [0.1, 0.15) is 65.7 Å². The first kappa shape index (κ1) is 18.6. The molecule has 154 valence electrons. The molecule has 1 heterocycles. The van der Waals surface area contributed by atoms with E-state index in [-0.39, 0.29) is 17.3 Å². The maximum Gasteiger partial charge on any atom is 0.313 e. The molecule has 3 N–H and O–H groups in total. The first-order valence-corrected chi connectivity index (χ1v) is 11.0. The van der Waals surface area contributed by atoms with Crippen molar-refractivity contribution in [3.8, 4) is 0 Å². The summed E-state index contributed by atoms with van der Waals surface area (Å²) in [6.45, 7) is 6.70. The van der Waals surface area contributed by atoms with Gasteiger partial charge < -0.3 is 20.7 Å².